The molecule has 1 saturated carbocycles. The summed E-state index contributed by atoms with van der Waals surface area (Å²) in [6, 6.07) is 6.62. The molecule has 7 nitrogen and oxygen atoms in total. The van der Waals surface area contributed by atoms with Crippen LogP contribution in [-0.2, 0) is 34.5 Å². The Balaban J connectivity index is 1.75. The van der Waals surface area contributed by atoms with Gasteiger partial charge in [0, 0.05) is 31.7 Å². The minimum atomic E-state index is -4.99. The molecular weight excluding hydrogens is 573 g/mol. The lowest BCUT2D eigenvalue weighted by Crippen LogP contribution is -2.44. The molecule has 2 aromatic carbocycles. The number of nitrogens with zero attached hydrogens (tertiary/aromatic N) is 1. The molecule has 1 aliphatic carbocycles. The van der Waals surface area contributed by atoms with Crippen molar-refractivity contribution in [3.8, 4) is 0 Å². The largest absolute Gasteiger partial charge is 0.481 e. The zero-order chi connectivity index (χ0) is 30.4. The first-order valence-corrected chi connectivity index (χ1v) is 14.5. The van der Waals surface area contributed by atoms with Gasteiger partial charge in [-0.05, 0) is 74.9 Å². The van der Waals surface area contributed by atoms with Gasteiger partial charge in [0.15, 0.2) is 15.4 Å². The first kappa shape index (κ1) is 30.9. The van der Waals surface area contributed by atoms with Crippen LogP contribution >= 0.6 is 0 Å². The molecule has 1 heterocycles. The van der Waals surface area contributed by atoms with E-state index in [1.807, 2.05) is 0 Å². The number of hydrogen-bond donors (Lipinski definition) is 1. The predicted octanol–water partition coefficient (Wildman–Crippen LogP) is 5.18. The highest BCUT2D eigenvalue weighted by Crippen LogP contribution is 2.47. The van der Waals surface area contributed by atoms with Crippen LogP contribution < -0.4 is 0 Å². The highest BCUT2D eigenvalue weighted by Gasteiger charge is 2.56. The molecule has 1 unspecified atom stereocenters. The monoisotopic (exact) mass is 603 g/mol. The van der Waals surface area contributed by atoms with Crippen molar-refractivity contribution in [1.29, 1.82) is 0 Å². The third-order valence-electron chi connectivity index (χ3n) is 8.57. The Bertz CT molecular complexity index is 1420. The highest BCUT2D eigenvalue weighted by molar-refractivity contribution is 7.92. The van der Waals surface area contributed by atoms with E-state index in [1.54, 1.807) is 0 Å². The summed E-state index contributed by atoms with van der Waals surface area (Å²) in [6.07, 6.45) is -3.98. The van der Waals surface area contributed by atoms with Gasteiger partial charge in [-0.25, -0.2) is 17.2 Å². The van der Waals surface area contributed by atoms with Gasteiger partial charge < -0.3 is 14.7 Å². The van der Waals surface area contributed by atoms with Crippen molar-refractivity contribution in [2.75, 3.05) is 20.2 Å². The van der Waals surface area contributed by atoms with E-state index in [1.165, 1.54) is 4.90 Å². The van der Waals surface area contributed by atoms with E-state index < -0.39 is 67.9 Å². The number of ether oxygens (including phenoxy) is 1. The van der Waals surface area contributed by atoms with Crippen LogP contribution in [0.25, 0.3) is 0 Å². The maximum absolute atomic E-state index is 15.4. The molecule has 224 valence electrons. The van der Waals surface area contributed by atoms with E-state index in [4.69, 9.17) is 0 Å². The summed E-state index contributed by atoms with van der Waals surface area (Å²) in [5.74, 6) is -4.43. The Labute approximate surface area is 234 Å². The minimum absolute atomic E-state index is 0.0418. The number of hydrogen-bond acceptors (Lipinski definition) is 5. The van der Waals surface area contributed by atoms with Gasteiger partial charge in [0.25, 0.3) is 0 Å². The second-order valence-electron chi connectivity index (χ2n) is 10.8. The van der Waals surface area contributed by atoms with Crippen molar-refractivity contribution in [2.24, 2.45) is 11.8 Å². The summed E-state index contributed by atoms with van der Waals surface area (Å²) >= 11 is 0. The number of likely N-dealkylation sites (tertiary alicyclic amines) is 1. The molecule has 1 amide bonds. The number of carbonyl (C=O) groups excluding carboxylic acids is 1. The van der Waals surface area contributed by atoms with Crippen molar-refractivity contribution < 1.29 is 49.8 Å². The van der Waals surface area contributed by atoms with Gasteiger partial charge in [0.05, 0.1) is 10.8 Å². The number of halogens is 5. The van der Waals surface area contributed by atoms with E-state index in [9.17, 15) is 40.7 Å². The molecule has 1 N–H and O–H groups in total. The normalized spacial score (nSPS) is 25.1. The molecule has 2 aromatic rings. The minimum Gasteiger partial charge on any atom is -0.481 e. The quantitative estimate of drug-likeness (QED) is 0.346. The summed E-state index contributed by atoms with van der Waals surface area (Å²) in [7, 11) is -3.66. The third kappa shape index (κ3) is 5.33. The third-order valence-corrected chi connectivity index (χ3v) is 11.1. The molecule has 13 heteroatoms. The van der Waals surface area contributed by atoms with Gasteiger partial charge in [0.1, 0.15) is 16.4 Å². The molecule has 0 spiro atoms. The molecule has 0 radical (unpaired) electrons. The zero-order valence-electron chi connectivity index (χ0n) is 22.4. The number of amides is 1. The van der Waals surface area contributed by atoms with E-state index in [-0.39, 0.29) is 29.3 Å². The Kier molecular flexibility index (Phi) is 8.27. The predicted molar refractivity (Wildman–Crippen MR) is 136 cm³/mol. The fraction of sp³-hybridized carbons (Fsp3) is 0.500. The lowest BCUT2D eigenvalue weighted by Gasteiger charge is -2.34. The van der Waals surface area contributed by atoms with Gasteiger partial charge in [-0.3, -0.25) is 9.59 Å². The summed E-state index contributed by atoms with van der Waals surface area (Å²) in [4.78, 5) is 25.8. The van der Waals surface area contributed by atoms with Crippen molar-refractivity contribution in [2.45, 2.75) is 60.4 Å². The first-order valence-electron chi connectivity index (χ1n) is 13.0. The lowest BCUT2D eigenvalue weighted by molar-refractivity contribution is -0.270. The molecule has 41 heavy (non-hydrogen) atoms. The molecule has 2 fully saturated rings. The van der Waals surface area contributed by atoms with Crippen LogP contribution in [0.2, 0.25) is 0 Å². The number of sulfone groups is 1. The SMILES string of the molecule is COC(C)(c1ccc([C@]2(S(=O)(=O)c3ccc(F)cc3)CCN(C(=O)C3CCC(C(=O)O)CC3)C2)cc1F)C(F)(F)F. The molecule has 4 rings (SSSR count). The van der Waals surface area contributed by atoms with E-state index in [0.717, 1.165) is 49.6 Å². The fourth-order valence-electron chi connectivity index (χ4n) is 5.83. The molecule has 2 atom stereocenters. The standard InChI is InChI=1S/C28H30F5NO6S/c1-26(40-2,28(31,32)33)22-12-7-19(15-23(22)30)27(41(38,39)21-10-8-20(29)9-11-21)13-14-34(16-27)24(35)17-3-5-18(6-4-17)25(36)37/h7-12,15,17-18H,3-6,13-14,16H2,1-2H3,(H,36,37)/t17?,18?,26?,27-/m0/s1. The lowest BCUT2D eigenvalue weighted by atomic mass is 9.81. The maximum Gasteiger partial charge on any atom is 0.421 e. The zero-order valence-corrected chi connectivity index (χ0v) is 23.2. The molecule has 1 saturated heterocycles. The van der Waals surface area contributed by atoms with Gasteiger partial charge in [-0.15, -0.1) is 0 Å². The van der Waals surface area contributed by atoms with E-state index >= 15 is 4.39 Å². The number of benzene rings is 2. The Morgan fingerprint density at radius 2 is 1.59 bits per heavy atom. The van der Waals surface area contributed by atoms with E-state index in [2.05, 4.69) is 4.74 Å². The average molecular weight is 604 g/mol. The molecule has 0 bridgehead atoms. The summed E-state index contributed by atoms with van der Waals surface area (Å²) in [5, 5.41) is 9.25. The van der Waals surface area contributed by atoms with Crippen LogP contribution in [0.4, 0.5) is 22.0 Å². The summed E-state index contributed by atoms with van der Waals surface area (Å²) in [6.45, 7) is 0.203. The number of carboxylic acid groups (broad SMARTS) is 1. The maximum atomic E-state index is 15.4. The van der Waals surface area contributed by atoms with Crippen LogP contribution in [0.3, 0.4) is 0 Å². The van der Waals surface area contributed by atoms with E-state index in [0.29, 0.717) is 32.6 Å². The molecular formula is C28H30F5NO6S. The first-order chi connectivity index (χ1) is 19.1. The Morgan fingerprint density at radius 1 is 1.00 bits per heavy atom. The van der Waals surface area contributed by atoms with Crippen LogP contribution in [0, 0.1) is 23.5 Å². The average Bonchev–Trinajstić information content (AvgIpc) is 3.39. The Morgan fingerprint density at radius 3 is 2.10 bits per heavy atom. The summed E-state index contributed by atoms with van der Waals surface area (Å²) < 4.78 is 101. The highest BCUT2D eigenvalue weighted by atomic mass is 32.2. The Hall–Kier alpha value is -3.06. The fourth-order valence-corrected chi connectivity index (χ4v) is 7.90. The van der Waals surface area contributed by atoms with Crippen LogP contribution in [-0.4, -0.2) is 56.7 Å². The van der Waals surface area contributed by atoms with Crippen molar-refractivity contribution in [1.82, 2.24) is 4.90 Å². The van der Waals surface area contributed by atoms with Crippen molar-refractivity contribution >= 4 is 21.7 Å². The van der Waals surface area contributed by atoms with Gasteiger partial charge in [-0.2, -0.15) is 13.2 Å². The van der Waals surface area contributed by atoms with Gasteiger partial charge in [-0.1, -0.05) is 12.1 Å². The van der Waals surface area contributed by atoms with Crippen molar-refractivity contribution in [3.63, 3.8) is 0 Å². The number of carbonyl (C=O) groups is 2. The molecule has 2 aliphatic rings. The number of methoxy groups -OCH3 is 1. The number of carboxylic acids is 1. The number of alkyl halides is 3. The molecule has 0 aromatic heterocycles. The second-order valence-corrected chi connectivity index (χ2v) is 13.0. The van der Waals surface area contributed by atoms with Crippen molar-refractivity contribution in [3.05, 3.63) is 65.2 Å². The molecule has 1 aliphatic heterocycles. The van der Waals surface area contributed by atoms with Crippen LogP contribution in [0.5, 0.6) is 0 Å². The second kappa shape index (κ2) is 11.0. The topological polar surface area (TPSA) is 101 Å². The van der Waals surface area contributed by atoms with Crippen LogP contribution in [0.1, 0.15) is 50.2 Å². The number of rotatable bonds is 7. The van der Waals surface area contributed by atoms with Gasteiger partial charge in [0.2, 0.25) is 5.91 Å². The summed E-state index contributed by atoms with van der Waals surface area (Å²) in [5.41, 5.74) is -4.01. The van der Waals surface area contributed by atoms with Crippen LogP contribution in [0.15, 0.2) is 47.4 Å². The number of aliphatic carboxylic acids is 1. The van der Waals surface area contributed by atoms with Gasteiger partial charge >= 0.3 is 12.1 Å². The smallest absolute Gasteiger partial charge is 0.421 e.